The van der Waals surface area contributed by atoms with Crippen LogP contribution in [-0.2, 0) is 0 Å². The summed E-state index contributed by atoms with van der Waals surface area (Å²) < 4.78 is 0. The minimum atomic E-state index is -0.410. The number of nitro groups is 1. The molecule has 1 aromatic carbocycles. The number of anilines is 2. The van der Waals surface area contributed by atoms with Crippen LogP contribution in [-0.4, -0.2) is 4.92 Å². The second-order valence-corrected chi connectivity index (χ2v) is 2.39. The Bertz CT molecular complexity index is 337. The maximum atomic E-state index is 10.5. The summed E-state index contributed by atoms with van der Waals surface area (Å²) in [4.78, 5) is 10.1. The summed E-state index contributed by atoms with van der Waals surface area (Å²) in [6.45, 7) is 1.57. The van der Waals surface area contributed by atoms with Crippen molar-refractivity contribution in [1.29, 1.82) is 0 Å². The Labute approximate surface area is 68.5 Å². The van der Waals surface area contributed by atoms with E-state index in [-0.39, 0.29) is 5.69 Å². The van der Waals surface area contributed by atoms with Gasteiger partial charge in [0.1, 0.15) is 12.4 Å². The Morgan fingerprint density at radius 2 is 2.17 bits per heavy atom. The number of nitrogens with zero attached hydrogens (tertiary/aromatic N) is 1. The topological polar surface area (TPSA) is 67.2 Å². The van der Waals surface area contributed by atoms with Gasteiger partial charge in [0.05, 0.1) is 10.6 Å². The summed E-state index contributed by atoms with van der Waals surface area (Å²) in [7, 11) is 0. The Kier molecular flexibility index (Phi) is 1.36. The fourth-order valence-electron chi connectivity index (χ4n) is 1.15. The van der Waals surface area contributed by atoms with Crippen LogP contribution in [0.5, 0.6) is 0 Å². The molecule has 0 saturated carbocycles. The molecule has 0 saturated heterocycles. The van der Waals surface area contributed by atoms with Crippen molar-refractivity contribution < 1.29 is 4.92 Å². The zero-order valence-electron chi connectivity index (χ0n) is 6.07. The summed E-state index contributed by atoms with van der Waals surface area (Å²) >= 11 is 0. The third kappa shape index (κ3) is 0.868. The van der Waals surface area contributed by atoms with Gasteiger partial charge in [-0.25, -0.2) is 0 Å². The Morgan fingerprint density at radius 1 is 1.33 bits per heavy atom. The zero-order chi connectivity index (χ0) is 8.55. The molecule has 1 aliphatic rings. The summed E-state index contributed by atoms with van der Waals surface area (Å²) in [6, 6.07) is 4.89. The number of fused-ring (bicyclic) bond motifs is 1. The van der Waals surface area contributed by atoms with E-state index in [0.717, 1.165) is 5.69 Å². The molecule has 2 rings (SSSR count). The van der Waals surface area contributed by atoms with Crippen molar-refractivity contribution in [3.05, 3.63) is 35.0 Å². The molecule has 1 radical (unpaired) electrons. The average Bonchev–Trinajstić information content (AvgIpc) is 2.49. The first-order valence-electron chi connectivity index (χ1n) is 3.41. The summed E-state index contributed by atoms with van der Waals surface area (Å²) in [5, 5.41) is 16.1. The molecule has 5 nitrogen and oxygen atoms in total. The highest BCUT2D eigenvalue weighted by Gasteiger charge is 2.20. The van der Waals surface area contributed by atoms with E-state index in [0.29, 0.717) is 5.69 Å². The summed E-state index contributed by atoms with van der Waals surface area (Å²) in [5.41, 5.74) is 1.36. The van der Waals surface area contributed by atoms with Crippen LogP contribution in [0.1, 0.15) is 0 Å². The molecule has 1 aromatic rings. The van der Waals surface area contributed by atoms with E-state index < -0.39 is 4.92 Å². The lowest BCUT2D eigenvalue weighted by Gasteiger charge is -1.97. The van der Waals surface area contributed by atoms with E-state index in [4.69, 9.17) is 0 Å². The van der Waals surface area contributed by atoms with Crippen molar-refractivity contribution >= 4 is 17.1 Å². The van der Waals surface area contributed by atoms with Crippen molar-refractivity contribution in [3.8, 4) is 0 Å². The predicted molar refractivity (Wildman–Crippen MR) is 44.6 cm³/mol. The van der Waals surface area contributed by atoms with Gasteiger partial charge in [0.25, 0.3) is 5.69 Å². The van der Waals surface area contributed by atoms with Gasteiger partial charge in [-0.1, -0.05) is 6.07 Å². The third-order valence-electron chi connectivity index (χ3n) is 1.68. The minimum Gasteiger partial charge on any atom is -0.360 e. The molecule has 0 aromatic heterocycles. The summed E-state index contributed by atoms with van der Waals surface area (Å²) in [6.07, 6.45) is 0. The van der Waals surface area contributed by atoms with Crippen molar-refractivity contribution in [2.75, 3.05) is 10.6 Å². The predicted octanol–water partition coefficient (Wildman–Crippen LogP) is 1.55. The van der Waals surface area contributed by atoms with E-state index in [1.807, 2.05) is 0 Å². The molecular weight excluding hydrogens is 158 g/mol. The molecule has 5 heteroatoms. The largest absolute Gasteiger partial charge is 0.360 e. The number of nitrogens with one attached hydrogen (secondary N) is 2. The summed E-state index contributed by atoms with van der Waals surface area (Å²) in [5.74, 6) is 0. The van der Waals surface area contributed by atoms with Crippen LogP contribution >= 0.6 is 0 Å². The molecule has 0 unspecified atom stereocenters. The van der Waals surface area contributed by atoms with Gasteiger partial charge in [-0.3, -0.25) is 10.1 Å². The minimum absolute atomic E-state index is 0.0914. The van der Waals surface area contributed by atoms with Gasteiger partial charge < -0.3 is 10.6 Å². The molecule has 0 atom stereocenters. The molecule has 0 amide bonds. The highest BCUT2D eigenvalue weighted by Crippen LogP contribution is 2.35. The molecule has 0 fully saturated rings. The van der Waals surface area contributed by atoms with E-state index in [1.54, 1.807) is 18.8 Å². The maximum Gasteiger partial charge on any atom is 0.294 e. The highest BCUT2D eigenvalue weighted by molar-refractivity contribution is 5.83. The standard InChI is InChI=1S/C7H6N3O2/c11-10(12)6-3-1-2-5-7(6)9-4-8-5/h1-4,8-9H. The van der Waals surface area contributed by atoms with Crippen LogP contribution in [0.15, 0.2) is 18.2 Å². The van der Waals surface area contributed by atoms with E-state index in [9.17, 15) is 10.1 Å². The van der Waals surface area contributed by atoms with Crippen LogP contribution < -0.4 is 10.6 Å². The van der Waals surface area contributed by atoms with Gasteiger partial charge >= 0.3 is 0 Å². The third-order valence-corrected chi connectivity index (χ3v) is 1.68. The monoisotopic (exact) mass is 164 g/mol. The quantitative estimate of drug-likeness (QED) is 0.488. The zero-order valence-corrected chi connectivity index (χ0v) is 6.07. The first kappa shape index (κ1) is 6.90. The fourth-order valence-corrected chi connectivity index (χ4v) is 1.15. The molecule has 0 spiro atoms. The second-order valence-electron chi connectivity index (χ2n) is 2.39. The van der Waals surface area contributed by atoms with Crippen molar-refractivity contribution in [1.82, 2.24) is 0 Å². The van der Waals surface area contributed by atoms with Gasteiger partial charge in [0, 0.05) is 6.07 Å². The van der Waals surface area contributed by atoms with E-state index in [2.05, 4.69) is 10.6 Å². The molecule has 61 valence electrons. The molecule has 12 heavy (non-hydrogen) atoms. The van der Waals surface area contributed by atoms with Crippen molar-refractivity contribution in [2.24, 2.45) is 0 Å². The lowest BCUT2D eigenvalue weighted by atomic mass is 10.2. The maximum absolute atomic E-state index is 10.5. The van der Waals surface area contributed by atoms with E-state index in [1.165, 1.54) is 6.07 Å². The lowest BCUT2D eigenvalue weighted by Crippen LogP contribution is -1.93. The average molecular weight is 164 g/mol. The molecule has 1 aliphatic heterocycles. The second kappa shape index (κ2) is 2.37. The van der Waals surface area contributed by atoms with Crippen LogP contribution in [0, 0.1) is 16.8 Å². The van der Waals surface area contributed by atoms with Gasteiger partial charge in [-0.15, -0.1) is 0 Å². The van der Waals surface area contributed by atoms with Gasteiger partial charge in [-0.2, -0.15) is 0 Å². The van der Waals surface area contributed by atoms with Crippen molar-refractivity contribution in [3.63, 3.8) is 0 Å². The van der Waals surface area contributed by atoms with Crippen LogP contribution in [0.3, 0.4) is 0 Å². The smallest absolute Gasteiger partial charge is 0.294 e. The van der Waals surface area contributed by atoms with Gasteiger partial charge in [0.2, 0.25) is 0 Å². The Hall–Kier alpha value is -1.78. The lowest BCUT2D eigenvalue weighted by molar-refractivity contribution is -0.383. The fraction of sp³-hybridized carbons (Fsp3) is 0. The van der Waals surface area contributed by atoms with Crippen LogP contribution in [0.4, 0.5) is 17.1 Å². The number of hydrogen-bond acceptors (Lipinski definition) is 4. The van der Waals surface area contributed by atoms with Gasteiger partial charge in [0.15, 0.2) is 0 Å². The van der Waals surface area contributed by atoms with Gasteiger partial charge in [-0.05, 0) is 6.07 Å². The number of benzene rings is 1. The van der Waals surface area contributed by atoms with Crippen LogP contribution in [0.2, 0.25) is 0 Å². The molecule has 2 N–H and O–H groups in total. The molecule has 1 heterocycles. The number of rotatable bonds is 1. The first-order valence-corrected chi connectivity index (χ1v) is 3.41. The Balaban J connectivity index is 2.56. The molecule has 0 bridgehead atoms. The SMILES string of the molecule is O=[N+]([O-])c1cccc2c1N[CH]N2. The number of nitro benzene ring substituents is 1. The van der Waals surface area contributed by atoms with Crippen molar-refractivity contribution in [2.45, 2.75) is 0 Å². The molecule has 0 aliphatic carbocycles. The normalized spacial score (nSPS) is 13.0. The Morgan fingerprint density at radius 3 is 2.92 bits per heavy atom. The molecular formula is C7H6N3O2. The first-order chi connectivity index (χ1) is 5.79. The van der Waals surface area contributed by atoms with E-state index >= 15 is 0 Å². The van der Waals surface area contributed by atoms with Crippen LogP contribution in [0.25, 0.3) is 0 Å². The number of hydrogen-bond donors (Lipinski definition) is 2. The number of para-hydroxylation sites is 1. The highest BCUT2D eigenvalue weighted by atomic mass is 16.6.